The molecular formula is C15H22N2O2. The maximum Gasteiger partial charge on any atom is 0.230 e. The number of nitrogens with two attached hydrogens (primary N) is 1. The summed E-state index contributed by atoms with van der Waals surface area (Å²) in [5, 5.41) is 2.95. The SMILES string of the molecule is COc1ccccc1C1(C(=O)NCCN)CCCC1. The van der Waals surface area contributed by atoms with Crippen LogP contribution in [0.2, 0.25) is 0 Å². The average molecular weight is 262 g/mol. The largest absolute Gasteiger partial charge is 0.496 e. The smallest absolute Gasteiger partial charge is 0.230 e. The predicted octanol–water partition coefficient (Wildman–Crippen LogP) is 1.58. The van der Waals surface area contributed by atoms with Crippen LogP contribution in [0, 0.1) is 0 Å². The van der Waals surface area contributed by atoms with E-state index in [-0.39, 0.29) is 5.91 Å². The second-order valence-electron chi connectivity index (χ2n) is 5.03. The Balaban J connectivity index is 2.36. The first-order valence-electron chi connectivity index (χ1n) is 6.86. The molecule has 104 valence electrons. The Bertz CT molecular complexity index is 440. The molecule has 4 nitrogen and oxygen atoms in total. The minimum absolute atomic E-state index is 0.0833. The zero-order valence-electron chi connectivity index (χ0n) is 11.4. The Morgan fingerprint density at radius 3 is 2.68 bits per heavy atom. The summed E-state index contributed by atoms with van der Waals surface area (Å²) < 4.78 is 5.43. The lowest BCUT2D eigenvalue weighted by Gasteiger charge is -2.29. The number of carbonyl (C=O) groups is 1. The van der Waals surface area contributed by atoms with Crippen LogP contribution in [-0.2, 0) is 10.2 Å². The standard InChI is InChI=1S/C15H22N2O2/c1-19-13-7-3-2-6-12(13)15(8-4-5-9-15)14(18)17-11-10-16/h2-3,6-7H,4-5,8-11,16H2,1H3,(H,17,18). The normalized spacial score (nSPS) is 17.2. The van der Waals surface area contributed by atoms with Gasteiger partial charge in [-0.15, -0.1) is 0 Å². The van der Waals surface area contributed by atoms with E-state index in [0.717, 1.165) is 37.0 Å². The Labute approximate surface area is 114 Å². The number of amides is 1. The van der Waals surface area contributed by atoms with Crippen LogP contribution in [0.5, 0.6) is 5.75 Å². The van der Waals surface area contributed by atoms with Gasteiger partial charge in [0.2, 0.25) is 5.91 Å². The quantitative estimate of drug-likeness (QED) is 0.847. The highest BCUT2D eigenvalue weighted by Crippen LogP contribution is 2.44. The first kappa shape index (κ1) is 13.9. The van der Waals surface area contributed by atoms with Gasteiger partial charge in [-0.05, 0) is 18.9 Å². The highest BCUT2D eigenvalue weighted by atomic mass is 16.5. The van der Waals surface area contributed by atoms with Crippen molar-refractivity contribution in [1.82, 2.24) is 5.32 Å². The topological polar surface area (TPSA) is 64.3 Å². The maximum atomic E-state index is 12.6. The number of methoxy groups -OCH3 is 1. The summed E-state index contributed by atoms with van der Waals surface area (Å²) in [5.74, 6) is 0.882. The van der Waals surface area contributed by atoms with Gasteiger partial charge < -0.3 is 15.8 Å². The molecule has 1 aromatic rings. The Kier molecular flexibility index (Phi) is 4.43. The number of benzene rings is 1. The molecule has 0 heterocycles. The molecule has 4 heteroatoms. The van der Waals surface area contributed by atoms with E-state index in [1.54, 1.807) is 7.11 Å². The van der Waals surface area contributed by atoms with Gasteiger partial charge in [0.1, 0.15) is 5.75 Å². The molecule has 19 heavy (non-hydrogen) atoms. The van der Waals surface area contributed by atoms with E-state index >= 15 is 0 Å². The lowest BCUT2D eigenvalue weighted by atomic mass is 9.77. The highest BCUT2D eigenvalue weighted by molar-refractivity contribution is 5.89. The van der Waals surface area contributed by atoms with E-state index in [4.69, 9.17) is 10.5 Å². The summed E-state index contributed by atoms with van der Waals surface area (Å²) in [5.41, 5.74) is 6.04. The number of carbonyl (C=O) groups excluding carboxylic acids is 1. The van der Waals surface area contributed by atoms with Crippen molar-refractivity contribution in [3.8, 4) is 5.75 Å². The van der Waals surface area contributed by atoms with Crippen LogP contribution in [0.4, 0.5) is 0 Å². The van der Waals surface area contributed by atoms with Gasteiger partial charge >= 0.3 is 0 Å². The molecule has 0 atom stereocenters. The molecule has 1 aliphatic rings. The number of ether oxygens (including phenoxy) is 1. The third-order valence-corrected chi connectivity index (χ3v) is 3.94. The van der Waals surface area contributed by atoms with Gasteiger partial charge in [0, 0.05) is 18.7 Å². The first-order chi connectivity index (χ1) is 9.24. The predicted molar refractivity (Wildman–Crippen MR) is 75.2 cm³/mol. The van der Waals surface area contributed by atoms with Crippen molar-refractivity contribution in [2.75, 3.05) is 20.2 Å². The van der Waals surface area contributed by atoms with Crippen LogP contribution >= 0.6 is 0 Å². The molecule has 0 spiro atoms. The van der Waals surface area contributed by atoms with E-state index in [1.807, 2.05) is 24.3 Å². The first-order valence-corrected chi connectivity index (χ1v) is 6.86. The van der Waals surface area contributed by atoms with Gasteiger partial charge in [-0.3, -0.25) is 4.79 Å². The van der Waals surface area contributed by atoms with E-state index in [0.29, 0.717) is 13.1 Å². The molecule has 1 saturated carbocycles. The third kappa shape index (κ3) is 2.59. The number of nitrogens with one attached hydrogen (secondary N) is 1. The minimum Gasteiger partial charge on any atom is -0.496 e. The van der Waals surface area contributed by atoms with Crippen molar-refractivity contribution in [3.05, 3.63) is 29.8 Å². The monoisotopic (exact) mass is 262 g/mol. The van der Waals surface area contributed by atoms with E-state index in [1.165, 1.54) is 0 Å². The van der Waals surface area contributed by atoms with Crippen LogP contribution in [-0.4, -0.2) is 26.1 Å². The molecule has 0 aromatic heterocycles. The molecule has 1 amide bonds. The fourth-order valence-electron chi connectivity index (χ4n) is 2.99. The maximum absolute atomic E-state index is 12.6. The second-order valence-corrected chi connectivity index (χ2v) is 5.03. The molecule has 0 bridgehead atoms. The second kappa shape index (κ2) is 6.06. The molecule has 0 radical (unpaired) electrons. The molecule has 0 saturated heterocycles. The fourth-order valence-corrected chi connectivity index (χ4v) is 2.99. The summed E-state index contributed by atoms with van der Waals surface area (Å²) in [6.07, 6.45) is 3.91. The third-order valence-electron chi connectivity index (χ3n) is 3.94. The van der Waals surface area contributed by atoms with Crippen LogP contribution < -0.4 is 15.8 Å². The zero-order chi connectivity index (χ0) is 13.7. The zero-order valence-corrected chi connectivity index (χ0v) is 11.4. The van der Waals surface area contributed by atoms with Crippen LogP contribution in [0.1, 0.15) is 31.2 Å². The van der Waals surface area contributed by atoms with Gasteiger partial charge in [-0.25, -0.2) is 0 Å². The number of hydrogen-bond acceptors (Lipinski definition) is 3. The van der Waals surface area contributed by atoms with Crippen molar-refractivity contribution in [2.45, 2.75) is 31.1 Å². The summed E-state index contributed by atoms with van der Waals surface area (Å²) in [7, 11) is 1.65. The number of hydrogen-bond donors (Lipinski definition) is 2. The molecule has 1 aromatic carbocycles. The van der Waals surface area contributed by atoms with Crippen molar-refractivity contribution >= 4 is 5.91 Å². The van der Waals surface area contributed by atoms with Crippen molar-refractivity contribution in [1.29, 1.82) is 0 Å². The molecule has 3 N–H and O–H groups in total. The van der Waals surface area contributed by atoms with Crippen molar-refractivity contribution in [2.24, 2.45) is 5.73 Å². The molecule has 2 rings (SSSR count). The Morgan fingerprint density at radius 1 is 1.37 bits per heavy atom. The van der Waals surface area contributed by atoms with Gasteiger partial charge in [0.05, 0.1) is 12.5 Å². The van der Waals surface area contributed by atoms with E-state index in [2.05, 4.69) is 5.32 Å². The molecule has 1 aliphatic carbocycles. The van der Waals surface area contributed by atoms with E-state index < -0.39 is 5.41 Å². The summed E-state index contributed by atoms with van der Waals surface area (Å²) >= 11 is 0. The summed E-state index contributed by atoms with van der Waals surface area (Å²) in [6, 6.07) is 7.83. The highest BCUT2D eigenvalue weighted by Gasteiger charge is 2.44. The number of para-hydroxylation sites is 1. The Hall–Kier alpha value is -1.55. The van der Waals surface area contributed by atoms with Crippen molar-refractivity contribution < 1.29 is 9.53 Å². The molecular weight excluding hydrogens is 240 g/mol. The lowest BCUT2D eigenvalue weighted by molar-refractivity contribution is -0.126. The lowest BCUT2D eigenvalue weighted by Crippen LogP contribution is -2.44. The van der Waals surface area contributed by atoms with Crippen molar-refractivity contribution in [3.63, 3.8) is 0 Å². The molecule has 0 aliphatic heterocycles. The van der Waals surface area contributed by atoms with Crippen LogP contribution in [0.25, 0.3) is 0 Å². The molecule has 1 fully saturated rings. The summed E-state index contributed by atoms with van der Waals surface area (Å²) in [4.78, 5) is 12.6. The van der Waals surface area contributed by atoms with Gasteiger partial charge in [-0.1, -0.05) is 31.0 Å². The van der Waals surface area contributed by atoms with Crippen LogP contribution in [0.15, 0.2) is 24.3 Å². The summed E-state index contributed by atoms with van der Waals surface area (Å²) in [6.45, 7) is 0.990. The molecule has 0 unspecified atom stereocenters. The number of rotatable bonds is 5. The Morgan fingerprint density at radius 2 is 2.05 bits per heavy atom. The van der Waals surface area contributed by atoms with Crippen LogP contribution in [0.3, 0.4) is 0 Å². The van der Waals surface area contributed by atoms with Gasteiger partial charge in [0.25, 0.3) is 0 Å². The van der Waals surface area contributed by atoms with Gasteiger partial charge in [0.15, 0.2) is 0 Å². The minimum atomic E-state index is -0.443. The van der Waals surface area contributed by atoms with Gasteiger partial charge in [-0.2, -0.15) is 0 Å². The fraction of sp³-hybridized carbons (Fsp3) is 0.533. The van der Waals surface area contributed by atoms with E-state index in [9.17, 15) is 4.79 Å². The average Bonchev–Trinajstić information content (AvgIpc) is 2.95.